The zero-order valence-electron chi connectivity index (χ0n) is 8.96. The first kappa shape index (κ1) is 9.71. The molecule has 15 heavy (non-hydrogen) atoms. The molecule has 0 amide bonds. The third kappa shape index (κ3) is 1.59. The molecule has 0 spiro atoms. The molecular weight excluding hydrogens is 184 g/mol. The molecular formula is C13H14N2. The van der Waals surface area contributed by atoms with Crippen LogP contribution in [0.5, 0.6) is 0 Å². The summed E-state index contributed by atoms with van der Waals surface area (Å²) in [5.74, 6) is 0.135. The number of rotatable bonds is 1. The van der Waals surface area contributed by atoms with E-state index < -0.39 is 0 Å². The van der Waals surface area contributed by atoms with Crippen LogP contribution in [0.3, 0.4) is 0 Å². The SMILES string of the molecule is Cc1cc2c(C)cccc2cc1C(=N)N. The van der Waals surface area contributed by atoms with Gasteiger partial charge < -0.3 is 5.73 Å². The normalized spacial score (nSPS) is 10.5. The molecule has 2 aromatic rings. The molecule has 0 aliphatic heterocycles. The van der Waals surface area contributed by atoms with E-state index >= 15 is 0 Å². The lowest BCUT2D eigenvalue weighted by Gasteiger charge is -2.08. The minimum Gasteiger partial charge on any atom is -0.384 e. The third-order valence-corrected chi connectivity index (χ3v) is 2.73. The van der Waals surface area contributed by atoms with Gasteiger partial charge in [-0.05, 0) is 41.8 Å². The molecule has 0 saturated carbocycles. The lowest BCUT2D eigenvalue weighted by molar-refractivity contribution is 1.38. The minimum atomic E-state index is 0.135. The van der Waals surface area contributed by atoms with E-state index in [1.54, 1.807) is 0 Å². The first-order valence-corrected chi connectivity index (χ1v) is 4.94. The van der Waals surface area contributed by atoms with Crippen LogP contribution in [0.4, 0.5) is 0 Å². The van der Waals surface area contributed by atoms with Gasteiger partial charge >= 0.3 is 0 Å². The zero-order valence-corrected chi connectivity index (χ0v) is 8.96. The quantitative estimate of drug-likeness (QED) is 0.537. The second kappa shape index (κ2) is 3.39. The highest BCUT2D eigenvalue weighted by molar-refractivity contribution is 6.01. The molecule has 0 aliphatic rings. The van der Waals surface area contributed by atoms with Crippen LogP contribution < -0.4 is 5.73 Å². The highest BCUT2D eigenvalue weighted by atomic mass is 14.7. The molecule has 0 aliphatic carbocycles. The van der Waals surface area contributed by atoms with E-state index in [1.807, 2.05) is 25.1 Å². The minimum absolute atomic E-state index is 0.135. The van der Waals surface area contributed by atoms with Gasteiger partial charge in [-0.3, -0.25) is 5.41 Å². The molecule has 0 heterocycles. The molecule has 0 saturated heterocycles. The first-order chi connectivity index (χ1) is 7.09. The number of nitrogens with one attached hydrogen (secondary N) is 1. The Hall–Kier alpha value is -1.83. The number of nitrogen functional groups attached to an aromatic ring is 1. The first-order valence-electron chi connectivity index (χ1n) is 4.94. The molecule has 3 N–H and O–H groups in total. The fourth-order valence-electron chi connectivity index (χ4n) is 1.88. The number of aryl methyl sites for hydroxylation is 2. The Labute approximate surface area is 89.2 Å². The van der Waals surface area contributed by atoms with Crippen molar-refractivity contribution in [3.8, 4) is 0 Å². The molecule has 0 unspecified atom stereocenters. The molecule has 0 aromatic heterocycles. The lowest BCUT2D eigenvalue weighted by Crippen LogP contribution is -2.12. The maximum absolute atomic E-state index is 7.48. The Morgan fingerprint density at radius 3 is 2.53 bits per heavy atom. The predicted molar refractivity (Wildman–Crippen MR) is 64.4 cm³/mol. The molecule has 2 nitrogen and oxygen atoms in total. The van der Waals surface area contributed by atoms with Crippen LogP contribution in [0.1, 0.15) is 16.7 Å². The highest BCUT2D eigenvalue weighted by Crippen LogP contribution is 2.22. The van der Waals surface area contributed by atoms with Crippen LogP contribution in [0.2, 0.25) is 0 Å². The van der Waals surface area contributed by atoms with Gasteiger partial charge in [0.15, 0.2) is 0 Å². The van der Waals surface area contributed by atoms with Crippen molar-refractivity contribution < 1.29 is 0 Å². The van der Waals surface area contributed by atoms with Crippen molar-refractivity contribution in [1.29, 1.82) is 5.41 Å². The zero-order chi connectivity index (χ0) is 11.0. The van der Waals surface area contributed by atoms with E-state index in [9.17, 15) is 0 Å². The fourth-order valence-corrected chi connectivity index (χ4v) is 1.88. The van der Waals surface area contributed by atoms with Crippen molar-refractivity contribution >= 4 is 16.6 Å². The number of fused-ring (bicyclic) bond motifs is 1. The Bertz CT molecular complexity index is 541. The van der Waals surface area contributed by atoms with Gasteiger partial charge in [0.05, 0.1) is 0 Å². The van der Waals surface area contributed by atoms with E-state index in [0.717, 1.165) is 16.5 Å². The van der Waals surface area contributed by atoms with Gasteiger partial charge in [0.25, 0.3) is 0 Å². The second-order valence-corrected chi connectivity index (χ2v) is 3.88. The Kier molecular flexibility index (Phi) is 2.19. The van der Waals surface area contributed by atoms with Gasteiger partial charge in [0.2, 0.25) is 0 Å². The summed E-state index contributed by atoms with van der Waals surface area (Å²) in [5.41, 5.74) is 8.67. The summed E-state index contributed by atoms with van der Waals surface area (Å²) in [6.07, 6.45) is 0. The fraction of sp³-hybridized carbons (Fsp3) is 0.154. The average Bonchev–Trinajstić information content (AvgIpc) is 2.18. The maximum Gasteiger partial charge on any atom is 0.123 e. The number of benzene rings is 2. The van der Waals surface area contributed by atoms with Crippen molar-refractivity contribution in [1.82, 2.24) is 0 Å². The molecule has 2 rings (SSSR count). The van der Waals surface area contributed by atoms with E-state index in [-0.39, 0.29) is 5.84 Å². The van der Waals surface area contributed by atoms with Gasteiger partial charge in [-0.15, -0.1) is 0 Å². The maximum atomic E-state index is 7.48. The monoisotopic (exact) mass is 198 g/mol. The van der Waals surface area contributed by atoms with Crippen LogP contribution in [-0.4, -0.2) is 5.84 Å². The summed E-state index contributed by atoms with van der Waals surface area (Å²) in [6, 6.07) is 10.3. The van der Waals surface area contributed by atoms with Crippen LogP contribution in [0.25, 0.3) is 10.8 Å². The number of amidine groups is 1. The standard InChI is InChI=1S/C13H14N2/c1-8-4-3-5-10-7-12(13(14)15)9(2)6-11(8)10/h3-7H,1-2H3,(H3,14,15). The number of hydrogen-bond acceptors (Lipinski definition) is 1. The van der Waals surface area contributed by atoms with E-state index in [0.29, 0.717) is 0 Å². The van der Waals surface area contributed by atoms with Crippen LogP contribution in [0, 0.1) is 19.3 Å². The summed E-state index contributed by atoms with van der Waals surface area (Å²) in [5, 5.41) is 9.86. The Morgan fingerprint density at radius 2 is 1.87 bits per heavy atom. The van der Waals surface area contributed by atoms with E-state index in [4.69, 9.17) is 11.1 Å². The molecule has 0 radical (unpaired) electrons. The van der Waals surface area contributed by atoms with Crippen molar-refractivity contribution in [3.63, 3.8) is 0 Å². The van der Waals surface area contributed by atoms with E-state index in [2.05, 4.69) is 19.1 Å². The van der Waals surface area contributed by atoms with Crippen molar-refractivity contribution in [3.05, 3.63) is 47.0 Å². The number of hydrogen-bond donors (Lipinski definition) is 2. The summed E-state index contributed by atoms with van der Waals surface area (Å²) in [4.78, 5) is 0. The predicted octanol–water partition coefficient (Wildman–Crippen LogP) is 2.74. The van der Waals surface area contributed by atoms with Crippen LogP contribution in [-0.2, 0) is 0 Å². The van der Waals surface area contributed by atoms with Gasteiger partial charge in [-0.25, -0.2) is 0 Å². The van der Waals surface area contributed by atoms with Crippen molar-refractivity contribution in [2.24, 2.45) is 5.73 Å². The van der Waals surface area contributed by atoms with Crippen LogP contribution >= 0.6 is 0 Å². The lowest BCUT2D eigenvalue weighted by atomic mass is 9.98. The van der Waals surface area contributed by atoms with E-state index in [1.165, 1.54) is 10.9 Å². The highest BCUT2D eigenvalue weighted by Gasteiger charge is 2.04. The summed E-state index contributed by atoms with van der Waals surface area (Å²) in [6.45, 7) is 4.08. The third-order valence-electron chi connectivity index (χ3n) is 2.73. The molecule has 0 bridgehead atoms. The topological polar surface area (TPSA) is 49.9 Å². The molecule has 0 atom stereocenters. The number of nitrogens with two attached hydrogens (primary N) is 1. The summed E-state index contributed by atoms with van der Waals surface area (Å²) in [7, 11) is 0. The smallest absolute Gasteiger partial charge is 0.123 e. The Balaban J connectivity index is 2.82. The van der Waals surface area contributed by atoms with Gasteiger partial charge in [-0.1, -0.05) is 24.3 Å². The van der Waals surface area contributed by atoms with Crippen molar-refractivity contribution in [2.45, 2.75) is 13.8 Å². The molecule has 2 heteroatoms. The summed E-state index contributed by atoms with van der Waals surface area (Å²) >= 11 is 0. The Morgan fingerprint density at radius 1 is 1.13 bits per heavy atom. The van der Waals surface area contributed by atoms with Crippen molar-refractivity contribution in [2.75, 3.05) is 0 Å². The van der Waals surface area contributed by atoms with Gasteiger partial charge in [-0.2, -0.15) is 0 Å². The molecule has 0 fully saturated rings. The average molecular weight is 198 g/mol. The molecule has 2 aromatic carbocycles. The largest absolute Gasteiger partial charge is 0.384 e. The van der Waals surface area contributed by atoms with Crippen LogP contribution in [0.15, 0.2) is 30.3 Å². The van der Waals surface area contributed by atoms with Gasteiger partial charge in [0.1, 0.15) is 5.84 Å². The van der Waals surface area contributed by atoms with Gasteiger partial charge in [0, 0.05) is 5.56 Å². The molecule has 76 valence electrons. The summed E-state index contributed by atoms with van der Waals surface area (Å²) < 4.78 is 0. The second-order valence-electron chi connectivity index (χ2n) is 3.88.